The average Bonchev–Trinajstić information content (AvgIpc) is 3.01. The lowest BCUT2D eigenvalue weighted by Gasteiger charge is -2.43. The number of aliphatic carboxylic acids is 1. The lowest BCUT2D eigenvalue weighted by atomic mass is 9.96. The van der Waals surface area contributed by atoms with E-state index in [-0.39, 0.29) is 13.2 Å². The Morgan fingerprint density at radius 2 is 1.93 bits per heavy atom. The highest BCUT2D eigenvalue weighted by Crippen LogP contribution is 2.33. The number of hydrogen-bond acceptors (Lipinski definition) is 5. The normalized spacial score (nSPS) is 23.7. The van der Waals surface area contributed by atoms with Crippen LogP contribution in [0.4, 0.5) is 0 Å². The molecule has 2 heterocycles. The van der Waals surface area contributed by atoms with Crippen LogP contribution in [0.15, 0.2) is 30.3 Å². The lowest BCUT2D eigenvalue weighted by Crippen LogP contribution is -2.71. The van der Waals surface area contributed by atoms with Crippen molar-refractivity contribution in [3.8, 4) is 5.75 Å². The molecule has 2 N–H and O–H groups in total. The first-order chi connectivity index (χ1) is 12.8. The molecule has 0 aliphatic carbocycles. The molecule has 0 aromatic heterocycles. The molecule has 11 heteroatoms. The highest BCUT2D eigenvalue weighted by atomic mass is 35.5. The van der Waals surface area contributed by atoms with E-state index in [2.05, 4.69) is 5.32 Å². The zero-order chi connectivity index (χ0) is 19.7. The van der Waals surface area contributed by atoms with Crippen molar-refractivity contribution in [2.75, 3.05) is 13.2 Å². The summed E-state index contributed by atoms with van der Waals surface area (Å²) in [6.45, 7) is -0.404. The van der Waals surface area contributed by atoms with Crippen molar-refractivity contribution in [3.05, 3.63) is 30.3 Å². The highest BCUT2D eigenvalue weighted by molar-refractivity contribution is 6.53. The highest BCUT2D eigenvalue weighted by Gasteiger charge is 2.61. The SMILES string of the molecule is O=C(COc1ccccc1)N[C@H]1C(=O)N2C1CN(C(=O)C(Cl)Cl)C2C(=O)O. The molecule has 1 aromatic rings. The van der Waals surface area contributed by atoms with Crippen LogP contribution < -0.4 is 10.1 Å². The Hall–Kier alpha value is -2.52. The van der Waals surface area contributed by atoms with E-state index in [0.29, 0.717) is 5.75 Å². The van der Waals surface area contributed by atoms with E-state index in [0.717, 1.165) is 9.80 Å². The average molecular weight is 416 g/mol. The molecular formula is C16H15Cl2N3O6. The monoisotopic (exact) mass is 415 g/mol. The number of nitrogens with one attached hydrogen (secondary N) is 1. The Labute approximate surface area is 163 Å². The number of para-hydroxylation sites is 1. The summed E-state index contributed by atoms with van der Waals surface area (Å²) in [5, 5.41) is 11.9. The van der Waals surface area contributed by atoms with Gasteiger partial charge in [-0.3, -0.25) is 14.4 Å². The fourth-order valence-electron chi connectivity index (χ4n) is 3.14. The summed E-state index contributed by atoms with van der Waals surface area (Å²) in [6.07, 6.45) is -1.50. The van der Waals surface area contributed by atoms with Gasteiger partial charge in [-0.2, -0.15) is 0 Å². The van der Waals surface area contributed by atoms with Crippen LogP contribution in [0.3, 0.4) is 0 Å². The van der Waals surface area contributed by atoms with Crippen molar-refractivity contribution in [1.82, 2.24) is 15.1 Å². The Bertz CT molecular complexity index is 775. The minimum absolute atomic E-state index is 0.0953. The quantitative estimate of drug-likeness (QED) is 0.491. The van der Waals surface area contributed by atoms with Gasteiger partial charge in [-0.25, -0.2) is 4.79 Å². The van der Waals surface area contributed by atoms with E-state index < -0.39 is 46.8 Å². The van der Waals surface area contributed by atoms with Crippen molar-refractivity contribution >= 4 is 46.9 Å². The van der Waals surface area contributed by atoms with Gasteiger partial charge in [-0.1, -0.05) is 41.4 Å². The summed E-state index contributed by atoms with van der Waals surface area (Å²) in [6, 6.07) is 7.03. The number of nitrogens with zero attached hydrogens (tertiary/aromatic N) is 2. The maximum atomic E-state index is 12.3. The molecule has 27 heavy (non-hydrogen) atoms. The van der Waals surface area contributed by atoms with Crippen molar-refractivity contribution in [1.29, 1.82) is 0 Å². The minimum atomic E-state index is -1.50. The predicted octanol–water partition coefficient (Wildman–Crippen LogP) is -0.182. The van der Waals surface area contributed by atoms with E-state index in [4.69, 9.17) is 27.9 Å². The molecule has 2 unspecified atom stereocenters. The molecule has 2 aliphatic heterocycles. The molecule has 0 saturated carbocycles. The number of carboxylic acid groups (broad SMARTS) is 1. The molecule has 3 rings (SSSR count). The van der Waals surface area contributed by atoms with Gasteiger partial charge in [0.25, 0.3) is 11.8 Å². The second-order valence-corrected chi connectivity index (χ2v) is 7.06. The summed E-state index contributed by atoms with van der Waals surface area (Å²) >= 11 is 11.1. The maximum Gasteiger partial charge on any atom is 0.347 e. The Balaban J connectivity index is 1.63. The van der Waals surface area contributed by atoms with Gasteiger partial charge in [-0.15, -0.1) is 0 Å². The number of alkyl halides is 2. The van der Waals surface area contributed by atoms with Gasteiger partial charge in [0.15, 0.2) is 11.4 Å². The minimum Gasteiger partial charge on any atom is -0.484 e. The van der Waals surface area contributed by atoms with Gasteiger partial charge in [0.05, 0.1) is 6.04 Å². The van der Waals surface area contributed by atoms with Gasteiger partial charge < -0.3 is 25.0 Å². The molecule has 3 amide bonds. The molecule has 1 aromatic carbocycles. The summed E-state index contributed by atoms with van der Waals surface area (Å²) in [5.41, 5.74) is 0. The number of halogens is 2. The maximum absolute atomic E-state index is 12.3. The molecule has 0 radical (unpaired) electrons. The molecule has 2 aliphatic rings. The van der Waals surface area contributed by atoms with Crippen LogP contribution in [0.25, 0.3) is 0 Å². The number of benzene rings is 1. The fraction of sp³-hybridized carbons (Fsp3) is 0.375. The van der Waals surface area contributed by atoms with Crippen molar-refractivity contribution in [2.45, 2.75) is 23.1 Å². The molecule has 144 valence electrons. The number of rotatable bonds is 6. The predicted molar refractivity (Wildman–Crippen MR) is 93.1 cm³/mol. The summed E-state index contributed by atoms with van der Waals surface area (Å²) in [7, 11) is 0. The molecular weight excluding hydrogens is 401 g/mol. The number of ether oxygens (including phenoxy) is 1. The van der Waals surface area contributed by atoms with Crippen LogP contribution in [0.1, 0.15) is 0 Å². The smallest absolute Gasteiger partial charge is 0.347 e. The van der Waals surface area contributed by atoms with Gasteiger partial charge in [0, 0.05) is 6.54 Å². The van der Waals surface area contributed by atoms with E-state index in [1.54, 1.807) is 30.3 Å². The lowest BCUT2D eigenvalue weighted by molar-refractivity contribution is -0.166. The summed E-state index contributed by atoms with van der Waals surface area (Å²) < 4.78 is 5.30. The first-order valence-corrected chi connectivity index (χ1v) is 8.79. The van der Waals surface area contributed by atoms with E-state index >= 15 is 0 Å². The fourth-order valence-corrected chi connectivity index (χ4v) is 3.39. The largest absolute Gasteiger partial charge is 0.484 e. The van der Waals surface area contributed by atoms with E-state index in [1.165, 1.54) is 0 Å². The standard InChI is InChI=1S/C16H15Cl2N3O6/c17-12(18)15(24)20-6-9-11(14(23)21(9)13(20)16(25)26)19-10(22)7-27-8-4-2-1-3-5-8/h1-5,9,11-13H,6-7H2,(H,19,22)(H,25,26)/t9?,11-,13?/m1/s1. The van der Waals surface area contributed by atoms with Crippen molar-refractivity contribution in [2.24, 2.45) is 0 Å². The van der Waals surface area contributed by atoms with Crippen LogP contribution in [0, 0.1) is 0 Å². The van der Waals surface area contributed by atoms with Crippen LogP contribution in [0.5, 0.6) is 5.75 Å². The number of amides is 3. The van der Waals surface area contributed by atoms with Gasteiger partial charge in [0.1, 0.15) is 11.8 Å². The first kappa shape index (κ1) is 19.2. The number of carbonyl (C=O) groups excluding carboxylic acids is 3. The van der Waals surface area contributed by atoms with Crippen molar-refractivity contribution in [3.63, 3.8) is 0 Å². The molecule has 3 atom stereocenters. The molecule has 2 saturated heterocycles. The first-order valence-electron chi connectivity index (χ1n) is 7.92. The molecule has 2 fully saturated rings. The van der Waals surface area contributed by atoms with Gasteiger partial charge in [-0.05, 0) is 12.1 Å². The summed E-state index contributed by atoms with van der Waals surface area (Å²) in [5.74, 6) is -2.85. The van der Waals surface area contributed by atoms with E-state index in [9.17, 15) is 24.3 Å². The van der Waals surface area contributed by atoms with Crippen LogP contribution in [-0.4, -0.2) is 74.8 Å². The number of carboxylic acids is 1. The van der Waals surface area contributed by atoms with Crippen LogP contribution in [-0.2, 0) is 19.2 Å². The second-order valence-electron chi connectivity index (χ2n) is 5.96. The molecule has 9 nitrogen and oxygen atoms in total. The van der Waals surface area contributed by atoms with Crippen LogP contribution >= 0.6 is 23.2 Å². The number of hydrogen-bond donors (Lipinski definition) is 2. The third-order valence-corrected chi connectivity index (χ3v) is 4.70. The van der Waals surface area contributed by atoms with Crippen LogP contribution in [0.2, 0.25) is 0 Å². The molecule has 0 spiro atoms. The number of β-lactam (4-membered cyclic amide) rings is 1. The Morgan fingerprint density at radius 1 is 1.26 bits per heavy atom. The van der Waals surface area contributed by atoms with Gasteiger partial charge in [0.2, 0.25) is 12.1 Å². The Kier molecular flexibility index (Phi) is 5.43. The third-order valence-electron chi connectivity index (χ3n) is 4.33. The third kappa shape index (κ3) is 3.65. The van der Waals surface area contributed by atoms with Gasteiger partial charge >= 0.3 is 5.97 Å². The zero-order valence-corrected chi connectivity index (χ0v) is 15.3. The number of carbonyl (C=O) groups is 4. The van der Waals surface area contributed by atoms with Crippen molar-refractivity contribution < 1.29 is 29.0 Å². The summed E-state index contributed by atoms with van der Waals surface area (Å²) in [4.78, 5) is 48.4. The zero-order valence-electron chi connectivity index (χ0n) is 13.7. The topological polar surface area (TPSA) is 116 Å². The second kappa shape index (κ2) is 7.61. The Morgan fingerprint density at radius 3 is 2.52 bits per heavy atom. The van der Waals surface area contributed by atoms with E-state index in [1.807, 2.05) is 0 Å². The molecule has 0 bridgehead atoms. The number of fused-ring (bicyclic) bond motifs is 1.